The van der Waals surface area contributed by atoms with Gasteiger partial charge in [-0.05, 0) is 58.0 Å². The number of para-hydroxylation sites is 1. The fourth-order valence-electron chi connectivity index (χ4n) is 3.75. The van der Waals surface area contributed by atoms with E-state index in [4.69, 9.17) is 4.74 Å². The number of rotatable bonds is 5. The number of nitrogens with zero attached hydrogens (tertiary/aromatic N) is 2. The highest BCUT2D eigenvalue weighted by Crippen LogP contribution is 2.36. The molecule has 0 bridgehead atoms. The summed E-state index contributed by atoms with van der Waals surface area (Å²) in [5.74, 6) is 0.775. The predicted molar refractivity (Wildman–Crippen MR) is 145 cm³/mol. The van der Waals surface area contributed by atoms with Gasteiger partial charge in [0, 0.05) is 43.0 Å². The molecule has 0 spiro atoms. The van der Waals surface area contributed by atoms with Crippen LogP contribution in [0.3, 0.4) is 0 Å². The van der Waals surface area contributed by atoms with E-state index in [1.165, 1.54) is 16.2 Å². The number of nitrogens with one attached hydrogen (secondary N) is 2. The van der Waals surface area contributed by atoms with E-state index in [9.17, 15) is 27.6 Å². The maximum atomic E-state index is 13.0. The molecule has 0 fully saturated rings. The number of aromatic nitrogens is 3. The quantitative estimate of drug-likeness (QED) is 0.345. The molecule has 39 heavy (non-hydrogen) atoms. The van der Waals surface area contributed by atoms with Crippen LogP contribution in [0.15, 0.2) is 52.3 Å². The number of aldehydes is 1. The van der Waals surface area contributed by atoms with E-state index < -0.39 is 11.7 Å². The maximum Gasteiger partial charge on any atom is 0.406 e. The van der Waals surface area contributed by atoms with Crippen molar-refractivity contribution in [1.29, 1.82) is 0 Å². The lowest BCUT2D eigenvalue weighted by Crippen LogP contribution is -2.49. The van der Waals surface area contributed by atoms with Crippen molar-refractivity contribution in [3.63, 3.8) is 0 Å². The van der Waals surface area contributed by atoms with E-state index in [0.717, 1.165) is 25.0 Å². The van der Waals surface area contributed by atoms with Gasteiger partial charge in [-0.3, -0.25) is 14.4 Å². The number of alkyl halides is 3. The molecule has 208 valence electrons. The number of aromatic amines is 1. The van der Waals surface area contributed by atoms with Gasteiger partial charge in [0.2, 0.25) is 0 Å². The Hall–Kier alpha value is -4.12. The van der Waals surface area contributed by atoms with Crippen molar-refractivity contribution in [2.45, 2.75) is 39.4 Å². The van der Waals surface area contributed by atoms with Gasteiger partial charge in [0.15, 0.2) is 12.0 Å². The van der Waals surface area contributed by atoms with Gasteiger partial charge in [-0.15, -0.1) is 0 Å². The Morgan fingerprint density at radius 2 is 1.56 bits per heavy atom. The molecule has 0 amide bonds. The molecule has 2 N–H and O–H groups in total. The first kappa shape index (κ1) is 29.4. The number of H-pyrrole nitrogens is 1. The van der Waals surface area contributed by atoms with Gasteiger partial charge in [-0.1, -0.05) is 18.2 Å². The largest absolute Gasteiger partial charge is 0.450 e. The third kappa shape index (κ3) is 5.83. The van der Waals surface area contributed by atoms with Crippen molar-refractivity contribution in [1.82, 2.24) is 19.4 Å². The first-order valence-corrected chi connectivity index (χ1v) is 12.0. The molecule has 0 aliphatic rings. The summed E-state index contributed by atoms with van der Waals surface area (Å²) in [5.41, 5.74) is 1.22. The van der Waals surface area contributed by atoms with Crippen LogP contribution >= 0.6 is 0 Å². The summed E-state index contributed by atoms with van der Waals surface area (Å²) in [4.78, 5) is 39.7. The molecule has 0 saturated carbocycles. The van der Waals surface area contributed by atoms with E-state index in [-0.39, 0.29) is 22.6 Å². The Bertz CT molecular complexity index is 1630. The molecule has 11 heteroatoms. The van der Waals surface area contributed by atoms with Crippen LogP contribution in [-0.4, -0.2) is 39.2 Å². The first-order chi connectivity index (χ1) is 18.1. The number of hydrogen-bond donors (Lipinski definition) is 2. The van der Waals surface area contributed by atoms with Gasteiger partial charge < -0.3 is 24.2 Å². The highest BCUT2D eigenvalue weighted by Gasteiger charge is 2.45. The molecule has 1 aromatic carbocycles. The SMILES string of the molecule is CNC(C)(C)C(F)(F)F.Cc1cccc(C)c1Oc1c(-c2cn(C)c(=O)c3[nH]c(C=O)cc23)ccn(C)c1=O. The van der Waals surface area contributed by atoms with Crippen molar-refractivity contribution in [2.75, 3.05) is 7.05 Å². The van der Waals surface area contributed by atoms with Crippen LogP contribution in [0.1, 0.15) is 35.5 Å². The number of benzene rings is 1. The van der Waals surface area contributed by atoms with Gasteiger partial charge in [0.1, 0.15) is 16.8 Å². The molecule has 0 saturated heterocycles. The highest BCUT2D eigenvalue weighted by atomic mass is 19.4. The zero-order valence-corrected chi connectivity index (χ0v) is 22.8. The average Bonchev–Trinajstić information content (AvgIpc) is 3.31. The van der Waals surface area contributed by atoms with Crippen molar-refractivity contribution in [2.24, 2.45) is 14.1 Å². The Kier molecular flexibility index (Phi) is 8.25. The fourth-order valence-corrected chi connectivity index (χ4v) is 3.75. The minimum atomic E-state index is -4.16. The van der Waals surface area contributed by atoms with Crippen LogP contribution in [-0.2, 0) is 14.1 Å². The normalized spacial score (nSPS) is 11.7. The van der Waals surface area contributed by atoms with E-state index >= 15 is 0 Å². The monoisotopic (exact) mass is 544 g/mol. The number of pyridine rings is 2. The smallest absolute Gasteiger partial charge is 0.406 e. The Balaban J connectivity index is 0.000000403. The minimum Gasteiger partial charge on any atom is -0.450 e. The summed E-state index contributed by atoms with van der Waals surface area (Å²) in [6.07, 6.45) is -0.206. The summed E-state index contributed by atoms with van der Waals surface area (Å²) in [5, 5.41) is 2.71. The number of aryl methyl sites for hydroxylation is 4. The van der Waals surface area contributed by atoms with Crippen LogP contribution < -0.4 is 21.2 Å². The number of ether oxygens (including phenoxy) is 1. The molecular formula is C28H31F3N4O4. The lowest BCUT2D eigenvalue weighted by molar-refractivity contribution is -0.184. The van der Waals surface area contributed by atoms with E-state index in [1.54, 1.807) is 38.6 Å². The Morgan fingerprint density at radius 1 is 0.949 bits per heavy atom. The fraction of sp³-hybridized carbons (Fsp3) is 0.321. The predicted octanol–water partition coefficient (Wildman–Crippen LogP) is 5.00. The Labute approximate surface area is 223 Å². The topological polar surface area (TPSA) is 98.1 Å². The standard InChI is InChI=1S/C23H21N3O4.C5H10F3N/c1-13-6-5-7-14(2)20(13)30-21-16(8-9-25(3)23(21)29)18-11-26(4)22(28)19-17(18)10-15(12-27)24-19;1-4(2,9-3)5(6,7)8/h5-12,24H,1-4H3;9H,1-3H3. The maximum absolute atomic E-state index is 13.0. The second kappa shape index (κ2) is 10.9. The van der Waals surface area contributed by atoms with Crippen molar-refractivity contribution >= 4 is 17.2 Å². The number of carbonyl (C=O) groups is 1. The second-order valence-electron chi connectivity index (χ2n) is 9.76. The molecule has 0 atom stereocenters. The first-order valence-electron chi connectivity index (χ1n) is 12.0. The summed E-state index contributed by atoms with van der Waals surface area (Å²) >= 11 is 0. The number of halogens is 3. The molecule has 4 aromatic rings. The molecule has 4 rings (SSSR count). The van der Waals surface area contributed by atoms with E-state index in [2.05, 4.69) is 10.3 Å². The van der Waals surface area contributed by atoms with Crippen LogP contribution in [0.4, 0.5) is 13.2 Å². The molecule has 0 unspecified atom stereocenters. The van der Waals surface area contributed by atoms with Crippen LogP contribution in [0, 0.1) is 13.8 Å². The highest BCUT2D eigenvalue weighted by molar-refractivity contribution is 5.99. The average molecular weight is 545 g/mol. The number of fused-ring (bicyclic) bond motifs is 1. The molecular weight excluding hydrogens is 513 g/mol. The lowest BCUT2D eigenvalue weighted by Gasteiger charge is -2.26. The lowest BCUT2D eigenvalue weighted by atomic mass is 10.0. The molecule has 0 radical (unpaired) electrons. The summed E-state index contributed by atoms with van der Waals surface area (Å²) in [6.45, 7) is 6.02. The summed E-state index contributed by atoms with van der Waals surface area (Å²) < 4.78 is 44.4. The van der Waals surface area contributed by atoms with E-state index in [0.29, 0.717) is 34.1 Å². The minimum absolute atomic E-state index is 0.159. The van der Waals surface area contributed by atoms with Gasteiger partial charge in [-0.25, -0.2) is 0 Å². The third-order valence-electron chi connectivity index (χ3n) is 6.57. The van der Waals surface area contributed by atoms with Crippen molar-refractivity contribution < 1.29 is 22.7 Å². The Morgan fingerprint density at radius 3 is 2.08 bits per heavy atom. The zero-order chi connectivity index (χ0) is 29.3. The molecule has 0 aliphatic carbocycles. The van der Waals surface area contributed by atoms with E-state index in [1.807, 2.05) is 32.0 Å². The van der Waals surface area contributed by atoms with Crippen molar-refractivity contribution in [3.05, 3.63) is 80.3 Å². The summed E-state index contributed by atoms with van der Waals surface area (Å²) in [7, 11) is 4.56. The van der Waals surface area contributed by atoms with Gasteiger partial charge in [0.25, 0.3) is 11.1 Å². The summed E-state index contributed by atoms with van der Waals surface area (Å²) in [6, 6.07) is 9.15. The van der Waals surface area contributed by atoms with Crippen molar-refractivity contribution in [3.8, 4) is 22.6 Å². The van der Waals surface area contributed by atoms with Crippen LogP contribution in [0.25, 0.3) is 22.0 Å². The zero-order valence-electron chi connectivity index (χ0n) is 22.8. The molecule has 8 nitrogen and oxygen atoms in total. The van der Waals surface area contributed by atoms with Gasteiger partial charge in [-0.2, -0.15) is 13.2 Å². The second-order valence-corrected chi connectivity index (χ2v) is 9.76. The molecule has 0 aliphatic heterocycles. The van der Waals surface area contributed by atoms with Gasteiger partial charge in [0.05, 0.1) is 5.69 Å². The third-order valence-corrected chi connectivity index (χ3v) is 6.57. The molecule has 3 heterocycles. The van der Waals surface area contributed by atoms with Crippen LogP contribution in [0.5, 0.6) is 11.5 Å². The van der Waals surface area contributed by atoms with Gasteiger partial charge >= 0.3 is 6.18 Å². The number of hydrogen-bond acceptors (Lipinski definition) is 5. The number of carbonyl (C=O) groups excluding carboxylic acids is 1. The van der Waals surface area contributed by atoms with Crippen LogP contribution in [0.2, 0.25) is 0 Å². The molecule has 3 aromatic heterocycles.